The summed E-state index contributed by atoms with van der Waals surface area (Å²) in [7, 11) is 0. The van der Waals surface area contributed by atoms with Crippen molar-refractivity contribution in [3.05, 3.63) is 59.5 Å². The first-order valence-electron chi connectivity index (χ1n) is 20.0. The summed E-state index contributed by atoms with van der Waals surface area (Å²) >= 11 is 0. The topological polar surface area (TPSA) is 30.0 Å². The van der Waals surface area contributed by atoms with E-state index in [0.717, 1.165) is 54.3 Å². The number of pyridine rings is 1. The Morgan fingerprint density at radius 3 is 1.79 bits per heavy atom. The van der Waals surface area contributed by atoms with Crippen LogP contribution in [0.15, 0.2) is 53.9 Å². The van der Waals surface area contributed by atoms with Crippen LogP contribution in [0, 0.1) is 69.0 Å². The molecule has 0 spiro atoms. The van der Waals surface area contributed by atoms with Crippen LogP contribution in [0.5, 0.6) is 0 Å². The first-order valence-corrected chi connectivity index (χ1v) is 20.0. The minimum atomic E-state index is 0.0326. The number of fused-ring (bicyclic) bond motifs is 10. The molecule has 2 heteroatoms. The highest BCUT2D eigenvalue weighted by Crippen LogP contribution is 2.67. The Hall–Kier alpha value is -1.96. The normalized spacial score (nSPS) is 48.1. The van der Waals surface area contributed by atoms with Gasteiger partial charge in [-0.15, -0.1) is 0 Å². The monoisotopic (exact) mass is 633 g/mol. The molecule has 6 unspecified atom stereocenters. The van der Waals surface area contributed by atoms with E-state index >= 15 is 0 Å². The molecule has 12 atom stereocenters. The highest BCUT2D eigenvalue weighted by atomic mass is 16.1. The van der Waals surface area contributed by atoms with Gasteiger partial charge in [0, 0.05) is 24.2 Å². The average Bonchev–Trinajstić information content (AvgIpc) is 3.58. The van der Waals surface area contributed by atoms with Crippen molar-refractivity contribution in [3.63, 3.8) is 0 Å². The summed E-state index contributed by atoms with van der Waals surface area (Å²) < 4.78 is 0. The first kappa shape index (κ1) is 32.3. The summed E-state index contributed by atoms with van der Waals surface area (Å²) in [6, 6.07) is 4.36. The molecule has 254 valence electrons. The molecule has 9 rings (SSSR count). The number of rotatable bonds is 1. The van der Waals surface area contributed by atoms with E-state index in [0.29, 0.717) is 27.9 Å². The molecule has 5 fully saturated rings. The maximum Gasteiger partial charge on any atom is 0.139 e. The summed E-state index contributed by atoms with van der Waals surface area (Å²) in [6.45, 7) is 14.9. The molecule has 1 aromatic rings. The second kappa shape index (κ2) is 11.6. The Bertz CT molecular complexity index is 1480. The van der Waals surface area contributed by atoms with Gasteiger partial charge in [0.25, 0.3) is 0 Å². The molecule has 5 saturated carbocycles. The third-order valence-corrected chi connectivity index (χ3v) is 17.0. The van der Waals surface area contributed by atoms with Gasteiger partial charge in [-0.2, -0.15) is 0 Å². The van der Waals surface area contributed by atoms with Crippen molar-refractivity contribution in [2.45, 2.75) is 138 Å². The Labute approximate surface area is 286 Å². The molecule has 0 amide bonds. The van der Waals surface area contributed by atoms with Crippen LogP contribution in [0.1, 0.15) is 143 Å². The van der Waals surface area contributed by atoms with Crippen molar-refractivity contribution in [1.82, 2.24) is 4.98 Å². The van der Waals surface area contributed by atoms with Crippen LogP contribution < -0.4 is 0 Å². The van der Waals surface area contributed by atoms with E-state index < -0.39 is 0 Å². The fourth-order valence-corrected chi connectivity index (χ4v) is 14.0. The summed E-state index contributed by atoms with van der Waals surface area (Å²) in [5, 5.41) is 0. The number of ketones is 1. The molecule has 47 heavy (non-hydrogen) atoms. The maximum atomic E-state index is 12.4. The van der Waals surface area contributed by atoms with Crippen LogP contribution >= 0.6 is 0 Å². The van der Waals surface area contributed by atoms with Gasteiger partial charge in [-0.05, 0) is 171 Å². The van der Waals surface area contributed by atoms with E-state index in [1.165, 1.54) is 89.0 Å². The van der Waals surface area contributed by atoms with Crippen LogP contribution in [-0.4, -0.2) is 10.8 Å². The van der Waals surface area contributed by atoms with E-state index in [2.05, 4.69) is 83.1 Å². The minimum absolute atomic E-state index is 0.0326. The number of hydrogen-bond acceptors (Lipinski definition) is 2. The number of carbonyl (C=O) groups is 1. The van der Waals surface area contributed by atoms with Crippen molar-refractivity contribution in [2.24, 2.45) is 69.0 Å². The molecule has 2 nitrogen and oxygen atoms in total. The van der Waals surface area contributed by atoms with Crippen LogP contribution in [0.4, 0.5) is 0 Å². The quantitative estimate of drug-likeness (QED) is 0.288. The van der Waals surface area contributed by atoms with E-state index in [4.69, 9.17) is 0 Å². The van der Waals surface area contributed by atoms with Gasteiger partial charge in [0.2, 0.25) is 0 Å². The molecule has 0 saturated heterocycles. The first-order chi connectivity index (χ1) is 22.5. The summed E-state index contributed by atoms with van der Waals surface area (Å²) in [5.41, 5.74) is 7.89. The van der Waals surface area contributed by atoms with E-state index in [1.807, 2.05) is 11.8 Å². The van der Waals surface area contributed by atoms with Crippen molar-refractivity contribution < 1.29 is 4.79 Å². The van der Waals surface area contributed by atoms with Crippen molar-refractivity contribution in [3.8, 4) is 0 Å². The highest BCUT2D eigenvalue weighted by molar-refractivity contribution is 5.87. The Balaban J connectivity index is 0.000000141. The predicted molar refractivity (Wildman–Crippen MR) is 194 cm³/mol. The second-order valence-electron chi connectivity index (χ2n) is 19.2. The smallest absolute Gasteiger partial charge is 0.139 e. The third kappa shape index (κ3) is 4.90. The van der Waals surface area contributed by atoms with Gasteiger partial charge in [-0.1, -0.05) is 77.0 Å². The molecule has 0 N–H and O–H groups in total. The highest BCUT2D eigenvalue weighted by Gasteiger charge is 2.59. The Morgan fingerprint density at radius 2 is 1.19 bits per heavy atom. The number of hydrogen-bond donors (Lipinski definition) is 0. The number of allylic oxidation sites excluding steroid dienone is 6. The predicted octanol–water partition coefficient (Wildman–Crippen LogP) is 11.8. The van der Waals surface area contributed by atoms with Crippen LogP contribution in [0.3, 0.4) is 0 Å². The second-order valence-corrected chi connectivity index (χ2v) is 19.2. The molecule has 8 aliphatic rings. The summed E-state index contributed by atoms with van der Waals surface area (Å²) in [5.74, 6) is 7.28. The molecular weight excluding hydrogens is 571 g/mol. The minimum Gasteiger partial charge on any atom is -0.299 e. The van der Waals surface area contributed by atoms with E-state index in [1.54, 1.807) is 11.1 Å². The van der Waals surface area contributed by atoms with Crippen LogP contribution in [-0.2, 0) is 4.79 Å². The Morgan fingerprint density at radius 1 is 0.638 bits per heavy atom. The lowest BCUT2D eigenvalue weighted by molar-refractivity contribution is -0.131. The fraction of sp³-hybridized carbons (Fsp3) is 0.733. The average molecular weight is 634 g/mol. The molecule has 8 aliphatic carbocycles. The molecule has 0 aromatic carbocycles. The van der Waals surface area contributed by atoms with Crippen LogP contribution in [0.25, 0.3) is 5.57 Å². The van der Waals surface area contributed by atoms with E-state index in [9.17, 15) is 4.79 Å². The lowest BCUT2D eigenvalue weighted by Gasteiger charge is -2.58. The number of carbonyl (C=O) groups excluding carboxylic acids is 1. The molecule has 0 bridgehead atoms. The molecule has 1 aromatic heterocycles. The fourth-order valence-electron chi connectivity index (χ4n) is 14.0. The number of Topliss-reactive ketones (excluding diaryl/α,β-unsaturated/α-hetero) is 1. The lowest BCUT2D eigenvalue weighted by Crippen LogP contribution is -2.50. The largest absolute Gasteiger partial charge is 0.299 e. The van der Waals surface area contributed by atoms with Gasteiger partial charge in [0.05, 0.1) is 0 Å². The third-order valence-electron chi connectivity index (χ3n) is 17.0. The number of aromatic nitrogens is 1. The van der Waals surface area contributed by atoms with Gasteiger partial charge in [0.1, 0.15) is 5.78 Å². The van der Waals surface area contributed by atoms with Crippen molar-refractivity contribution >= 4 is 11.4 Å². The van der Waals surface area contributed by atoms with Gasteiger partial charge in [-0.25, -0.2) is 0 Å². The zero-order chi connectivity index (χ0) is 32.8. The zero-order valence-corrected chi connectivity index (χ0v) is 30.6. The van der Waals surface area contributed by atoms with Crippen molar-refractivity contribution in [1.29, 1.82) is 0 Å². The van der Waals surface area contributed by atoms with Gasteiger partial charge in [0.15, 0.2) is 0 Å². The Kier molecular flexibility index (Phi) is 7.93. The molecule has 1 heterocycles. The number of nitrogens with zero attached hydrogens (tertiary/aromatic N) is 1. The van der Waals surface area contributed by atoms with Crippen molar-refractivity contribution in [2.75, 3.05) is 0 Å². The maximum absolute atomic E-state index is 12.4. The van der Waals surface area contributed by atoms with Crippen LogP contribution in [0.2, 0.25) is 0 Å². The standard InChI is InChI=1S/C25H33N.C20H30O/c1-17-10-12-24(2)19(15-17)6-7-20-22-9-8-21(18-5-4-14-26-16-18)25(22,3)13-11-23(20)24;1-13-8-10-19(2)14(12-13)4-5-15-16-6-7-18(21)20(16,3)11-9-17(15)19/h4-6,8,14,16-17,20,22-23H,7,9-13,15H2,1-3H3;4,13,15-17H,5-12H2,1-3H3/t17-,20?,22?,23?,24-,25+;13-,15?,16?,17?,19-,20-/m00/s1. The molecule has 0 aliphatic heterocycles. The SMILES string of the molecule is C[C@H]1CC[C@@]2(C)C(=CCC3C2CC[C@]2(C)C(=O)CCC32)C1.C[C@H]1CC[C@@]2(C)C(=CCC3C2CC[C@]2(C)C(c4cccnc4)=CCC32)C1. The summed E-state index contributed by atoms with van der Waals surface area (Å²) in [6.07, 6.45) is 31.3. The van der Waals surface area contributed by atoms with Gasteiger partial charge < -0.3 is 0 Å². The zero-order valence-electron chi connectivity index (χ0n) is 30.6. The van der Waals surface area contributed by atoms with Gasteiger partial charge >= 0.3 is 0 Å². The lowest BCUT2D eigenvalue weighted by atomic mass is 9.47. The van der Waals surface area contributed by atoms with Gasteiger partial charge in [-0.3, -0.25) is 9.78 Å². The van der Waals surface area contributed by atoms with E-state index in [-0.39, 0.29) is 5.41 Å². The molecular formula is C45H63NO. The summed E-state index contributed by atoms with van der Waals surface area (Å²) in [4.78, 5) is 16.8. The molecule has 0 radical (unpaired) electrons.